The van der Waals surface area contributed by atoms with Crippen LogP contribution in [0.3, 0.4) is 0 Å². The molecule has 4 nitrogen and oxygen atoms in total. The molecule has 0 aromatic carbocycles. The third-order valence-corrected chi connectivity index (χ3v) is 2.93. The molecule has 0 bridgehead atoms. The van der Waals surface area contributed by atoms with E-state index in [1.807, 2.05) is 7.05 Å². The van der Waals surface area contributed by atoms with Crippen LogP contribution in [0.4, 0.5) is 0 Å². The Balaban J connectivity index is 0. The zero-order valence-electron chi connectivity index (χ0n) is 11.2. The molecule has 0 rings (SSSR count). The smallest absolute Gasteiger partial charge is 0.220 e. The van der Waals surface area contributed by atoms with E-state index >= 15 is 0 Å². The van der Waals surface area contributed by atoms with E-state index in [1.54, 1.807) is 0 Å². The summed E-state index contributed by atoms with van der Waals surface area (Å²) in [5.74, 6) is 0.317. The molecule has 1 atom stereocenters. The van der Waals surface area contributed by atoms with Crippen molar-refractivity contribution in [3.05, 3.63) is 0 Å². The highest BCUT2D eigenvalue weighted by atomic mass is 35.5. The number of halogens is 1. The Labute approximate surface area is 111 Å². The molecule has 17 heavy (non-hydrogen) atoms. The second kappa shape index (κ2) is 12.1. The molecule has 0 aromatic heterocycles. The van der Waals surface area contributed by atoms with Crippen molar-refractivity contribution in [2.75, 3.05) is 20.1 Å². The minimum Gasteiger partial charge on any atom is -0.391 e. The fourth-order valence-electron chi connectivity index (χ4n) is 1.73. The Morgan fingerprint density at radius 1 is 1.29 bits per heavy atom. The molecule has 0 heterocycles. The zero-order valence-corrected chi connectivity index (χ0v) is 12.0. The molecule has 0 fully saturated rings. The van der Waals surface area contributed by atoms with Crippen LogP contribution in [0.15, 0.2) is 0 Å². The van der Waals surface area contributed by atoms with Gasteiger partial charge in [0.25, 0.3) is 0 Å². The van der Waals surface area contributed by atoms with E-state index in [-0.39, 0.29) is 24.2 Å². The van der Waals surface area contributed by atoms with Gasteiger partial charge in [-0.2, -0.15) is 0 Å². The Hall–Kier alpha value is -0.320. The topological polar surface area (TPSA) is 61.4 Å². The highest BCUT2D eigenvalue weighted by Crippen LogP contribution is 2.12. The van der Waals surface area contributed by atoms with Gasteiger partial charge in [-0.05, 0) is 25.9 Å². The molecule has 1 amide bonds. The maximum Gasteiger partial charge on any atom is 0.220 e. The van der Waals surface area contributed by atoms with Gasteiger partial charge in [0.05, 0.1) is 6.10 Å². The van der Waals surface area contributed by atoms with Gasteiger partial charge in [0, 0.05) is 13.0 Å². The van der Waals surface area contributed by atoms with E-state index in [2.05, 4.69) is 24.5 Å². The molecule has 0 aromatic rings. The van der Waals surface area contributed by atoms with Gasteiger partial charge >= 0.3 is 0 Å². The Kier molecular flexibility index (Phi) is 13.6. The molecule has 0 aliphatic rings. The summed E-state index contributed by atoms with van der Waals surface area (Å²) in [7, 11) is 1.87. The van der Waals surface area contributed by atoms with E-state index in [9.17, 15) is 9.90 Å². The van der Waals surface area contributed by atoms with Crippen LogP contribution in [0.25, 0.3) is 0 Å². The molecule has 0 aliphatic heterocycles. The van der Waals surface area contributed by atoms with Crippen molar-refractivity contribution in [1.82, 2.24) is 10.6 Å². The summed E-state index contributed by atoms with van der Waals surface area (Å²) >= 11 is 0. The molecule has 1 unspecified atom stereocenters. The average molecular weight is 267 g/mol. The van der Waals surface area contributed by atoms with Crippen LogP contribution < -0.4 is 10.6 Å². The lowest BCUT2D eigenvalue weighted by Crippen LogP contribution is -2.36. The summed E-state index contributed by atoms with van der Waals surface area (Å²) in [5.41, 5.74) is 0. The summed E-state index contributed by atoms with van der Waals surface area (Å²) in [4.78, 5) is 11.4. The number of rotatable bonds is 9. The molecule has 0 radical (unpaired) electrons. The monoisotopic (exact) mass is 266 g/mol. The highest BCUT2D eigenvalue weighted by Gasteiger charge is 2.15. The molecule has 5 heteroatoms. The lowest BCUT2D eigenvalue weighted by molar-refractivity contribution is -0.121. The van der Waals surface area contributed by atoms with Crippen LogP contribution in [0.2, 0.25) is 0 Å². The standard InChI is InChI=1S/C12H26N2O2.ClH/c1-4-10(5-2)11(15)9-14-12(16)7-6-8-13-3;/h10-11,13,15H,4-9H2,1-3H3,(H,14,16);1H. The summed E-state index contributed by atoms with van der Waals surface area (Å²) in [5, 5.41) is 15.6. The van der Waals surface area contributed by atoms with Crippen LogP contribution in [0.5, 0.6) is 0 Å². The molecule has 3 N–H and O–H groups in total. The lowest BCUT2D eigenvalue weighted by atomic mass is 9.96. The molecular weight excluding hydrogens is 240 g/mol. The number of hydrogen-bond acceptors (Lipinski definition) is 3. The van der Waals surface area contributed by atoms with Gasteiger partial charge in [0.2, 0.25) is 5.91 Å². The predicted molar refractivity (Wildman–Crippen MR) is 73.5 cm³/mol. The van der Waals surface area contributed by atoms with Crippen LogP contribution in [-0.4, -0.2) is 37.3 Å². The Morgan fingerprint density at radius 2 is 1.88 bits per heavy atom. The SMILES string of the molecule is CCC(CC)C(O)CNC(=O)CCCNC.Cl. The van der Waals surface area contributed by atoms with Crippen molar-refractivity contribution in [3.63, 3.8) is 0 Å². The quantitative estimate of drug-likeness (QED) is 0.552. The molecular formula is C12H27ClN2O2. The summed E-state index contributed by atoms with van der Waals surface area (Å²) < 4.78 is 0. The largest absolute Gasteiger partial charge is 0.391 e. The minimum atomic E-state index is -0.414. The van der Waals surface area contributed by atoms with Crippen molar-refractivity contribution in [3.8, 4) is 0 Å². The number of carbonyl (C=O) groups excluding carboxylic acids is 1. The first-order valence-corrected chi connectivity index (χ1v) is 6.25. The maximum atomic E-state index is 11.4. The Bertz CT molecular complexity index is 187. The van der Waals surface area contributed by atoms with E-state index in [1.165, 1.54) is 0 Å². The van der Waals surface area contributed by atoms with Crippen molar-refractivity contribution in [2.24, 2.45) is 5.92 Å². The van der Waals surface area contributed by atoms with Crippen molar-refractivity contribution < 1.29 is 9.90 Å². The summed E-state index contributed by atoms with van der Waals surface area (Å²) in [6.45, 7) is 5.35. The first kappa shape index (κ1) is 19.0. The zero-order chi connectivity index (χ0) is 12.4. The second-order valence-corrected chi connectivity index (χ2v) is 4.16. The van der Waals surface area contributed by atoms with Crippen molar-refractivity contribution in [1.29, 1.82) is 0 Å². The first-order chi connectivity index (χ1) is 7.65. The fraction of sp³-hybridized carbons (Fsp3) is 0.917. The van der Waals surface area contributed by atoms with Gasteiger partial charge in [-0.3, -0.25) is 4.79 Å². The number of nitrogens with one attached hydrogen (secondary N) is 2. The highest BCUT2D eigenvalue weighted by molar-refractivity contribution is 5.85. The van der Waals surface area contributed by atoms with Gasteiger partial charge in [-0.25, -0.2) is 0 Å². The summed E-state index contributed by atoms with van der Waals surface area (Å²) in [6, 6.07) is 0. The number of aliphatic hydroxyl groups excluding tert-OH is 1. The molecule has 0 aliphatic carbocycles. The van der Waals surface area contributed by atoms with E-state index in [0.717, 1.165) is 25.8 Å². The number of amides is 1. The number of aliphatic hydroxyl groups is 1. The maximum absolute atomic E-state index is 11.4. The van der Waals surface area contributed by atoms with Crippen molar-refractivity contribution >= 4 is 18.3 Å². The molecule has 104 valence electrons. The van der Waals surface area contributed by atoms with Crippen LogP contribution >= 0.6 is 12.4 Å². The van der Waals surface area contributed by atoms with Gasteiger partial charge < -0.3 is 15.7 Å². The molecule has 0 saturated carbocycles. The van der Waals surface area contributed by atoms with Gasteiger partial charge in [0.1, 0.15) is 0 Å². The fourth-order valence-corrected chi connectivity index (χ4v) is 1.73. The van der Waals surface area contributed by atoms with E-state index in [4.69, 9.17) is 0 Å². The van der Waals surface area contributed by atoms with Crippen LogP contribution in [0, 0.1) is 5.92 Å². The number of hydrogen-bond donors (Lipinski definition) is 3. The van der Waals surface area contributed by atoms with Gasteiger partial charge in [0.15, 0.2) is 0 Å². The third kappa shape index (κ3) is 9.39. The summed E-state index contributed by atoms with van der Waals surface area (Å²) in [6.07, 6.45) is 2.85. The van der Waals surface area contributed by atoms with E-state index in [0.29, 0.717) is 13.0 Å². The van der Waals surface area contributed by atoms with Gasteiger partial charge in [-0.1, -0.05) is 26.7 Å². The number of carbonyl (C=O) groups is 1. The predicted octanol–water partition coefficient (Wildman–Crippen LogP) is 1.32. The van der Waals surface area contributed by atoms with Gasteiger partial charge in [-0.15, -0.1) is 12.4 Å². The Morgan fingerprint density at radius 3 is 2.35 bits per heavy atom. The average Bonchev–Trinajstić information content (AvgIpc) is 2.28. The third-order valence-electron chi connectivity index (χ3n) is 2.93. The second-order valence-electron chi connectivity index (χ2n) is 4.16. The van der Waals surface area contributed by atoms with Crippen LogP contribution in [0.1, 0.15) is 39.5 Å². The first-order valence-electron chi connectivity index (χ1n) is 6.25. The van der Waals surface area contributed by atoms with Crippen LogP contribution in [-0.2, 0) is 4.79 Å². The minimum absolute atomic E-state index is 0. The van der Waals surface area contributed by atoms with Crippen molar-refractivity contribution in [2.45, 2.75) is 45.6 Å². The van der Waals surface area contributed by atoms with E-state index < -0.39 is 6.10 Å². The lowest BCUT2D eigenvalue weighted by Gasteiger charge is -2.20. The molecule has 0 saturated heterocycles. The normalized spacial score (nSPS) is 12.1. The molecule has 0 spiro atoms.